The van der Waals surface area contributed by atoms with E-state index in [9.17, 15) is 4.79 Å². The molecule has 3 aromatic rings. The van der Waals surface area contributed by atoms with E-state index in [4.69, 9.17) is 4.74 Å². The van der Waals surface area contributed by atoms with E-state index in [0.717, 1.165) is 74.8 Å². The van der Waals surface area contributed by atoms with Crippen LogP contribution < -0.4 is 10.2 Å². The van der Waals surface area contributed by atoms with Crippen LogP contribution in [0.3, 0.4) is 0 Å². The summed E-state index contributed by atoms with van der Waals surface area (Å²) in [6.45, 7) is 7.00. The highest BCUT2D eigenvalue weighted by atomic mass is 32.1. The number of ether oxygens (including phenoxy) is 1. The largest absolute Gasteiger partial charge is 0.378 e. The minimum atomic E-state index is 0.0284. The SMILES string of the molecule is O=C(NCCCN1CCc2ccccc2C1)c1cc(-c2ccccc2)c(N2CCOCC2)s1. The molecule has 1 aromatic heterocycles. The molecule has 1 amide bonds. The Hall–Kier alpha value is -2.67. The maximum Gasteiger partial charge on any atom is 0.261 e. The van der Waals surface area contributed by atoms with Gasteiger partial charge in [-0.15, -0.1) is 11.3 Å². The highest BCUT2D eigenvalue weighted by molar-refractivity contribution is 7.18. The van der Waals surface area contributed by atoms with Crippen molar-refractivity contribution in [3.63, 3.8) is 0 Å². The van der Waals surface area contributed by atoms with Crippen LogP contribution in [0, 0.1) is 0 Å². The van der Waals surface area contributed by atoms with Gasteiger partial charge in [0.2, 0.25) is 0 Å². The Morgan fingerprint density at radius 2 is 1.73 bits per heavy atom. The molecule has 172 valence electrons. The van der Waals surface area contributed by atoms with Crippen molar-refractivity contribution in [3.8, 4) is 11.1 Å². The number of benzene rings is 2. The molecule has 5 nitrogen and oxygen atoms in total. The minimum Gasteiger partial charge on any atom is -0.378 e. The van der Waals surface area contributed by atoms with Crippen LogP contribution in [0.2, 0.25) is 0 Å². The second-order valence-corrected chi connectivity index (χ2v) is 9.73. The van der Waals surface area contributed by atoms with E-state index in [-0.39, 0.29) is 5.91 Å². The predicted molar refractivity (Wildman–Crippen MR) is 135 cm³/mol. The molecule has 1 N–H and O–H groups in total. The Kier molecular flexibility index (Phi) is 7.05. The fraction of sp³-hybridized carbons (Fsp3) is 0.370. The topological polar surface area (TPSA) is 44.8 Å². The van der Waals surface area contributed by atoms with Crippen molar-refractivity contribution in [2.75, 3.05) is 50.8 Å². The van der Waals surface area contributed by atoms with Gasteiger partial charge in [-0.3, -0.25) is 9.69 Å². The molecule has 2 aliphatic heterocycles. The number of hydrogen-bond acceptors (Lipinski definition) is 5. The van der Waals surface area contributed by atoms with Crippen LogP contribution in [0.15, 0.2) is 60.7 Å². The maximum absolute atomic E-state index is 13.0. The van der Waals surface area contributed by atoms with E-state index in [1.54, 1.807) is 11.3 Å². The molecule has 33 heavy (non-hydrogen) atoms. The van der Waals surface area contributed by atoms with Crippen LogP contribution in [0.1, 0.15) is 27.2 Å². The first-order valence-electron chi connectivity index (χ1n) is 11.9. The summed E-state index contributed by atoms with van der Waals surface area (Å²) in [7, 11) is 0. The molecular formula is C27H31N3O2S. The second kappa shape index (κ2) is 10.5. The Balaban J connectivity index is 1.19. The summed E-state index contributed by atoms with van der Waals surface area (Å²) >= 11 is 1.60. The highest BCUT2D eigenvalue weighted by Crippen LogP contribution is 2.39. The van der Waals surface area contributed by atoms with E-state index >= 15 is 0 Å². The number of amides is 1. The van der Waals surface area contributed by atoms with Crippen molar-refractivity contribution in [2.24, 2.45) is 0 Å². The van der Waals surface area contributed by atoms with Crippen LogP contribution in [0.25, 0.3) is 11.1 Å². The van der Waals surface area contributed by atoms with Gasteiger partial charge in [-0.2, -0.15) is 0 Å². The van der Waals surface area contributed by atoms with Crippen LogP contribution in [-0.4, -0.2) is 56.7 Å². The molecule has 0 aliphatic carbocycles. The number of carbonyl (C=O) groups is 1. The number of hydrogen-bond donors (Lipinski definition) is 1. The van der Waals surface area contributed by atoms with Crippen molar-refractivity contribution in [3.05, 3.63) is 76.7 Å². The van der Waals surface area contributed by atoms with Gasteiger partial charge in [0, 0.05) is 44.8 Å². The molecular weight excluding hydrogens is 430 g/mol. The average molecular weight is 462 g/mol. The average Bonchev–Trinajstić information content (AvgIpc) is 3.33. The lowest BCUT2D eigenvalue weighted by molar-refractivity contribution is 0.0955. The quantitative estimate of drug-likeness (QED) is 0.529. The number of thiophene rings is 1. The second-order valence-electron chi connectivity index (χ2n) is 8.70. The van der Waals surface area contributed by atoms with Crippen LogP contribution in [0.5, 0.6) is 0 Å². The standard InChI is InChI=1S/C27H31N3O2S/c31-26(28-12-6-13-29-14-11-21-7-4-5-10-23(21)20-29)25-19-24(22-8-2-1-3-9-22)27(33-25)30-15-17-32-18-16-30/h1-5,7-10,19H,6,11-18,20H2,(H,28,31). The zero-order valence-corrected chi connectivity index (χ0v) is 19.8. The zero-order chi connectivity index (χ0) is 22.5. The smallest absolute Gasteiger partial charge is 0.261 e. The third-order valence-corrected chi connectivity index (χ3v) is 7.66. The summed E-state index contributed by atoms with van der Waals surface area (Å²) < 4.78 is 5.54. The van der Waals surface area contributed by atoms with Gasteiger partial charge in [-0.1, -0.05) is 54.6 Å². The van der Waals surface area contributed by atoms with E-state index in [0.29, 0.717) is 6.54 Å². The van der Waals surface area contributed by atoms with E-state index in [1.807, 2.05) is 6.07 Å². The number of morpholine rings is 1. The van der Waals surface area contributed by atoms with E-state index < -0.39 is 0 Å². The molecule has 0 saturated carbocycles. The molecule has 2 aromatic carbocycles. The van der Waals surface area contributed by atoms with Crippen LogP contribution >= 0.6 is 11.3 Å². The molecule has 0 atom stereocenters. The Morgan fingerprint density at radius 3 is 2.55 bits per heavy atom. The number of nitrogens with one attached hydrogen (secondary N) is 1. The van der Waals surface area contributed by atoms with Gasteiger partial charge in [0.15, 0.2) is 0 Å². The first kappa shape index (κ1) is 22.1. The van der Waals surface area contributed by atoms with Gasteiger partial charge in [0.25, 0.3) is 5.91 Å². The number of nitrogens with zero attached hydrogens (tertiary/aromatic N) is 2. The molecule has 5 rings (SSSR count). The summed E-state index contributed by atoms with van der Waals surface area (Å²) in [4.78, 5) is 18.6. The third kappa shape index (κ3) is 5.29. The van der Waals surface area contributed by atoms with E-state index in [1.165, 1.54) is 16.1 Å². The molecule has 0 bridgehead atoms. The predicted octanol–water partition coefficient (Wildman–Crippen LogP) is 4.43. The molecule has 3 heterocycles. The van der Waals surface area contributed by atoms with Gasteiger partial charge in [-0.05, 0) is 35.6 Å². The van der Waals surface area contributed by atoms with Crippen molar-refractivity contribution < 1.29 is 9.53 Å². The van der Waals surface area contributed by atoms with Gasteiger partial charge >= 0.3 is 0 Å². The summed E-state index contributed by atoms with van der Waals surface area (Å²) in [6.07, 6.45) is 2.07. The first-order valence-corrected chi connectivity index (χ1v) is 12.7. The van der Waals surface area contributed by atoms with Crippen LogP contribution in [0.4, 0.5) is 5.00 Å². The summed E-state index contributed by atoms with van der Waals surface area (Å²) in [6, 6.07) is 21.1. The molecule has 2 aliphatic rings. The lowest BCUT2D eigenvalue weighted by atomic mass is 10.00. The van der Waals surface area contributed by atoms with Crippen molar-refractivity contribution in [2.45, 2.75) is 19.4 Å². The monoisotopic (exact) mass is 461 g/mol. The minimum absolute atomic E-state index is 0.0284. The van der Waals surface area contributed by atoms with Crippen molar-refractivity contribution in [1.29, 1.82) is 0 Å². The van der Waals surface area contributed by atoms with Gasteiger partial charge in [0.05, 0.1) is 23.1 Å². The molecule has 6 heteroatoms. The molecule has 1 saturated heterocycles. The lowest BCUT2D eigenvalue weighted by Crippen LogP contribution is -2.35. The molecule has 1 fully saturated rings. The summed E-state index contributed by atoms with van der Waals surface area (Å²) in [5.74, 6) is 0.0284. The normalized spacial score (nSPS) is 16.4. The molecule has 0 radical (unpaired) electrons. The first-order chi connectivity index (χ1) is 16.3. The maximum atomic E-state index is 13.0. The number of anilines is 1. The number of fused-ring (bicyclic) bond motifs is 1. The van der Waals surface area contributed by atoms with Crippen molar-refractivity contribution >= 4 is 22.2 Å². The fourth-order valence-corrected chi connectivity index (χ4v) is 5.80. The zero-order valence-electron chi connectivity index (χ0n) is 19.0. The van der Waals surface area contributed by atoms with Crippen molar-refractivity contribution in [1.82, 2.24) is 10.2 Å². The van der Waals surface area contributed by atoms with Gasteiger partial charge < -0.3 is 15.0 Å². The number of carbonyl (C=O) groups excluding carboxylic acids is 1. The van der Waals surface area contributed by atoms with Gasteiger partial charge in [-0.25, -0.2) is 0 Å². The summed E-state index contributed by atoms with van der Waals surface area (Å²) in [5.41, 5.74) is 5.21. The highest BCUT2D eigenvalue weighted by Gasteiger charge is 2.22. The number of rotatable bonds is 7. The summed E-state index contributed by atoms with van der Waals surface area (Å²) in [5, 5.41) is 4.32. The Labute approximate surface area is 200 Å². The fourth-order valence-electron chi connectivity index (χ4n) is 4.66. The van der Waals surface area contributed by atoms with Crippen LogP contribution in [-0.2, 0) is 17.7 Å². The lowest BCUT2D eigenvalue weighted by Gasteiger charge is -2.28. The molecule has 0 spiro atoms. The van der Waals surface area contributed by atoms with Gasteiger partial charge in [0.1, 0.15) is 0 Å². The Morgan fingerprint density at radius 1 is 0.970 bits per heavy atom. The van der Waals surface area contributed by atoms with E-state index in [2.05, 4.69) is 69.7 Å². The third-order valence-electron chi connectivity index (χ3n) is 6.47. The Bertz CT molecular complexity index is 1080. The molecule has 0 unspecified atom stereocenters.